The van der Waals surface area contributed by atoms with Gasteiger partial charge in [-0.1, -0.05) is 6.92 Å². The molecule has 7 heteroatoms. The van der Waals surface area contributed by atoms with Gasteiger partial charge in [-0.05, 0) is 43.5 Å². The monoisotopic (exact) mass is 319 g/mol. The molecule has 1 aromatic rings. The van der Waals surface area contributed by atoms with Gasteiger partial charge in [0.15, 0.2) is 6.61 Å². The molecule has 0 radical (unpaired) electrons. The van der Waals surface area contributed by atoms with Gasteiger partial charge in [0, 0.05) is 17.2 Å². The van der Waals surface area contributed by atoms with Crippen LogP contribution < -0.4 is 10.1 Å². The molecule has 0 aliphatic heterocycles. The number of carbonyl (C=O) groups excluding carboxylic acids is 1. The molecule has 0 aliphatic carbocycles. The lowest BCUT2D eigenvalue weighted by atomic mass is 10.1. The Bertz CT molecular complexity index is 599. The minimum Gasteiger partial charge on any atom is -0.483 e. The molecule has 5 nitrogen and oxygen atoms in total. The number of hydrogen-bond acceptors (Lipinski definition) is 4. The van der Waals surface area contributed by atoms with Gasteiger partial charge in [-0.25, -0.2) is 8.42 Å². The van der Waals surface area contributed by atoms with Gasteiger partial charge in [0.1, 0.15) is 5.75 Å². The third kappa shape index (κ3) is 4.68. The van der Waals surface area contributed by atoms with Crippen molar-refractivity contribution >= 4 is 25.6 Å². The molecule has 0 saturated heterocycles. The first-order chi connectivity index (χ1) is 9.25. The summed E-state index contributed by atoms with van der Waals surface area (Å²) in [7, 11) is 1.56. The third-order valence-electron chi connectivity index (χ3n) is 2.67. The summed E-state index contributed by atoms with van der Waals surface area (Å²) >= 11 is 0. The highest BCUT2D eigenvalue weighted by Gasteiger charge is 2.16. The highest BCUT2D eigenvalue weighted by atomic mass is 35.7. The predicted octanol–water partition coefficient (Wildman–Crippen LogP) is 2.14. The fraction of sp³-hybridized carbons (Fsp3) is 0.462. The lowest BCUT2D eigenvalue weighted by Gasteiger charge is -2.12. The van der Waals surface area contributed by atoms with Gasteiger partial charge >= 0.3 is 0 Å². The molecular formula is C13H18ClNO4S. The van der Waals surface area contributed by atoms with E-state index in [-0.39, 0.29) is 17.4 Å². The van der Waals surface area contributed by atoms with Crippen molar-refractivity contribution in [2.24, 2.45) is 0 Å². The van der Waals surface area contributed by atoms with E-state index in [0.717, 1.165) is 6.42 Å². The van der Waals surface area contributed by atoms with E-state index in [1.807, 2.05) is 6.92 Å². The van der Waals surface area contributed by atoms with Crippen LogP contribution in [-0.4, -0.2) is 27.5 Å². The first-order valence-corrected chi connectivity index (χ1v) is 8.52. The molecule has 0 bridgehead atoms. The Labute approximate surface area is 123 Å². The van der Waals surface area contributed by atoms with Gasteiger partial charge in [0.2, 0.25) is 0 Å². The molecular weight excluding hydrogens is 302 g/mol. The van der Waals surface area contributed by atoms with E-state index in [2.05, 4.69) is 5.32 Å². The Morgan fingerprint density at radius 2 is 1.95 bits per heavy atom. The molecule has 0 aromatic heterocycles. The van der Waals surface area contributed by atoms with Crippen molar-refractivity contribution in [3.63, 3.8) is 0 Å². The smallest absolute Gasteiger partial charge is 0.261 e. The van der Waals surface area contributed by atoms with E-state index in [4.69, 9.17) is 15.4 Å². The van der Waals surface area contributed by atoms with E-state index in [1.54, 1.807) is 19.9 Å². The fourth-order valence-corrected chi connectivity index (χ4v) is 2.90. The van der Waals surface area contributed by atoms with Crippen molar-refractivity contribution in [1.82, 2.24) is 5.32 Å². The van der Waals surface area contributed by atoms with Crippen LogP contribution >= 0.6 is 10.7 Å². The van der Waals surface area contributed by atoms with Gasteiger partial charge in [-0.15, -0.1) is 0 Å². The quantitative estimate of drug-likeness (QED) is 0.815. The summed E-state index contributed by atoms with van der Waals surface area (Å²) in [4.78, 5) is 11.5. The van der Waals surface area contributed by atoms with Crippen molar-refractivity contribution in [3.05, 3.63) is 23.3 Å². The average Bonchev–Trinajstić information content (AvgIpc) is 2.35. The zero-order valence-electron chi connectivity index (χ0n) is 11.7. The Kier molecular flexibility index (Phi) is 5.83. The molecule has 0 fully saturated rings. The lowest BCUT2D eigenvalue weighted by Crippen LogP contribution is -2.29. The van der Waals surface area contributed by atoms with E-state index >= 15 is 0 Å². The number of rotatable bonds is 6. The number of nitrogens with one attached hydrogen (secondary N) is 1. The zero-order chi connectivity index (χ0) is 15.3. The Hall–Kier alpha value is -1.27. The van der Waals surface area contributed by atoms with Crippen molar-refractivity contribution in [3.8, 4) is 5.75 Å². The molecule has 1 amide bonds. The zero-order valence-corrected chi connectivity index (χ0v) is 13.3. The normalized spacial score (nSPS) is 11.2. The van der Waals surface area contributed by atoms with Crippen LogP contribution in [0.5, 0.6) is 5.75 Å². The molecule has 1 rings (SSSR count). The summed E-state index contributed by atoms with van der Waals surface area (Å²) in [6.07, 6.45) is 0.853. The summed E-state index contributed by atoms with van der Waals surface area (Å²) in [6.45, 7) is 5.78. The van der Waals surface area contributed by atoms with Crippen LogP contribution in [-0.2, 0) is 13.8 Å². The molecule has 1 N–H and O–H groups in total. The second kappa shape index (κ2) is 6.95. The summed E-state index contributed by atoms with van der Waals surface area (Å²) in [6, 6.07) is 3.01. The van der Waals surface area contributed by atoms with Crippen molar-refractivity contribution < 1.29 is 17.9 Å². The van der Waals surface area contributed by atoms with E-state index < -0.39 is 9.05 Å². The molecule has 0 atom stereocenters. The largest absolute Gasteiger partial charge is 0.483 e. The number of ether oxygens (including phenoxy) is 1. The molecule has 0 aliphatic rings. The predicted molar refractivity (Wildman–Crippen MR) is 77.8 cm³/mol. The summed E-state index contributed by atoms with van der Waals surface area (Å²) in [5, 5.41) is 2.69. The number of amides is 1. The fourth-order valence-electron chi connectivity index (χ4n) is 1.64. The number of hydrogen-bond donors (Lipinski definition) is 1. The number of halogens is 1. The molecule has 112 valence electrons. The third-order valence-corrected chi connectivity index (χ3v) is 4.13. The highest BCUT2D eigenvalue weighted by Crippen LogP contribution is 2.27. The maximum absolute atomic E-state index is 11.4. The molecule has 0 spiro atoms. The Balaban J connectivity index is 2.83. The van der Waals surface area contributed by atoms with Crippen LogP contribution in [0.4, 0.5) is 0 Å². The van der Waals surface area contributed by atoms with E-state index in [0.29, 0.717) is 23.4 Å². The molecule has 1 aromatic carbocycles. The lowest BCUT2D eigenvalue weighted by molar-refractivity contribution is -0.123. The second-order valence-electron chi connectivity index (χ2n) is 4.46. The number of benzene rings is 1. The van der Waals surface area contributed by atoms with Gasteiger partial charge in [0.05, 0.1) is 4.90 Å². The van der Waals surface area contributed by atoms with Crippen LogP contribution in [0.2, 0.25) is 0 Å². The summed E-state index contributed by atoms with van der Waals surface area (Å²) < 4.78 is 28.1. The van der Waals surface area contributed by atoms with Gasteiger partial charge in [0.25, 0.3) is 15.0 Å². The van der Waals surface area contributed by atoms with Crippen LogP contribution in [0.3, 0.4) is 0 Å². The van der Waals surface area contributed by atoms with Gasteiger partial charge < -0.3 is 10.1 Å². The van der Waals surface area contributed by atoms with Crippen LogP contribution in [0.25, 0.3) is 0 Å². The summed E-state index contributed by atoms with van der Waals surface area (Å²) in [5.74, 6) is 0.260. The average molecular weight is 320 g/mol. The topological polar surface area (TPSA) is 72.5 Å². The van der Waals surface area contributed by atoms with Crippen LogP contribution in [0, 0.1) is 13.8 Å². The van der Waals surface area contributed by atoms with Gasteiger partial charge in [-0.2, -0.15) is 0 Å². The van der Waals surface area contributed by atoms with Crippen molar-refractivity contribution in [2.45, 2.75) is 32.1 Å². The maximum atomic E-state index is 11.4. The summed E-state index contributed by atoms with van der Waals surface area (Å²) in [5.41, 5.74) is 1.09. The maximum Gasteiger partial charge on any atom is 0.261 e. The molecule has 0 heterocycles. The van der Waals surface area contributed by atoms with Crippen molar-refractivity contribution in [1.29, 1.82) is 0 Å². The number of carbonyl (C=O) groups is 1. The minimum absolute atomic E-state index is 0.0550. The van der Waals surface area contributed by atoms with Gasteiger partial charge in [-0.3, -0.25) is 4.79 Å². The SMILES string of the molecule is CCCNC(=O)COc1cc(C)c(S(=O)(=O)Cl)cc1C. The standard InChI is InChI=1S/C13H18ClNO4S/c1-4-5-15-13(16)8-19-11-6-10(3)12(7-9(11)2)20(14,17)18/h6-7H,4-5,8H2,1-3H3,(H,15,16). The molecule has 20 heavy (non-hydrogen) atoms. The minimum atomic E-state index is -3.78. The number of aryl methyl sites for hydroxylation is 2. The molecule has 0 saturated carbocycles. The van der Waals surface area contributed by atoms with E-state index in [1.165, 1.54) is 6.07 Å². The Morgan fingerprint density at radius 1 is 1.30 bits per heavy atom. The Morgan fingerprint density at radius 3 is 2.50 bits per heavy atom. The van der Waals surface area contributed by atoms with Crippen LogP contribution in [0.15, 0.2) is 17.0 Å². The first-order valence-electron chi connectivity index (χ1n) is 6.21. The van der Waals surface area contributed by atoms with Crippen molar-refractivity contribution in [2.75, 3.05) is 13.2 Å². The second-order valence-corrected chi connectivity index (χ2v) is 6.99. The van der Waals surface area contributed by atoms with Crippen LogP contribution in [0.1, 0.15) is 24.5 Å². The first kappa shape index (κ1) is 16.8. The van der Waals surface area contributed by atoms with E-state index in [9.17, 15) is 13.2 Å². The molecule has 0 unspecified atom stereocenters. The highest BCUT2D eigenvalue weighted by molar-refractivity contribution is 8.13.